The Hall–Kier alpha value is -1.46. The fourth-order valence-corrected chi connectivity index (χ4v) is 3.78. The molecule has 1 unspecified atom stereocenters. The summed E-state index contributed by atoms with van der Waals surface area (Å²) in [5.74, 6) is 1.89. The minimum absolute atomic E-state index is 0. The molecule has 1 aliphatic carbocycles. The maximum atomic E-state index is 12.5. The molecule has 0 aromatic heterocycles. The Morgan fingerprint density at radius 1 is 1.31 bits per heavy atom. The number of hydrogen-bond acceptors (Lipinski definition) is 4. The number of carbonyl (C=O) groups is 1. The highest BCUT2D eigenvalue weighted by Crippen LogP contribution is 2.58. The molecule has 1 atom stereocenters. The van der Waals surface area contributed by atoms with Crippen LogP contribution in [0.2, 0.25) is 0 Å². The van der Waals surface area contributed by atoms with Crippen molar-refractivity contribution in [3.05, 3.63) is 23.8 Å². The molecule has 1 saturated heterocycles. The van der Waals surface area contributed by atoms with Crippen LogP contribution in [-0.2, 0) is 11.3 Å². The molecular formula is C20H31ClN2O3. The number of rotatable bonds is 8. The van der Waals surface area contributed by atoms with E-state index in [9.17, 15) is 4.79 Å². The van der Waals surface area contributed by atoms with Crippen molar-refractivity contribution >= 4 is 18.3 Å². The largest absolute Gasteiger partial charge is 0.493 e. The lowest BCUT2D eigenvalue weighted by Crippen LogP contribution is -2.33. The Morgan fingerprint density at radius 2 is 2.08 bits per heavy atom. The summed E-state index contributed by atoms with van der Waals surface area (Å²) in [7, 11) is 1.65. The Balaban J connectivity index is 0.00000243. The van der Waals surface area contributed by atoms with Gasteiger partial charge < -0.3 is 20.1 Å². The predicted octanol–water partition coefficient (Wildman–Crippen LogP) is 3.30. The minimum atomic E-state index is 0. The van der Waals surface area contributed by atoms with E-state index < -0.39 is 0 Å². The van der Waals surface area contributed by atoms with Crippen LogP contribution in [-0.4, -0.2) is 32.7 Å². The number of hydrogen-bond donors (Lipinski definition) is 2. The van der Waals surface area contributed by atoms with Crippen LogP contribution in [0.25, 0.3) is 0 Å². The van der Waals surface area contributed by atoms with E-state index in [1.54, 1.807) is 7.11 Å². The number of halogens is 1. The van der Waals surface area contributed by atoms with Gasteiger partial charge in [0.15, 0.2) is 11.5 Å². The highest BCUT2D eigenvalue weighted by Gasteiger charge is 2.57. The monoisotopic (exact) mass is 382 g/mol. The fraction of sp³-hybridized carbons (Fsp3) is 0.650. The average molecular weight is 383 g/mol. The van der Waals surface area contributed by atoms with Gasteiger partial charge in [0.2, 0.25) is 5.91 Å². The number of amides is 1. The first-order valence-corrected chi connectivity index (χ1v) is 9.46. The number of benzene rings is 1. The second kappa shape index (κ2) is 9.47. The van der Waals surface area contributed by atoms with Crippen LogP contribution in [0, 0.1) is 11.3 Å². The lowest BCUT2D eigenvalue weighted by Gasteiger charge is -2.23. The summed E-state index contributed by atoms with van der Waals surface area (Å²) in [5.41, 5.74) is 1.32. The van der Waals surface area contributed by atoms with Crippen molar-refractivity contribution in [1.82, 2.24) is 10.6 Å². The van der Waals surface area contributed by atoms with Crippen LogP contribution in [0.15, 0.2) is 18.2 Å². The number of methoxy groups -OCH3 is 1. The summed E-state index contributed by atoms with van der Waals surface area (Å²) < 4.78 is 11.2. The van der Waals surface area contributed by atoms with E-state index in [4.69, 9.17) is 9.47 Å². The van der Waals surface area contributed by atoms with E-state index in [2.05, 4.69) is 17.6 Å². The average Bonchev–Trinajstić information content (AvgIpc) is 3.34. The lowest BCUT2D eigenvalue weighted by molar-refractivity contribution is -0.123. The molecule has 1 amide bonds. The molecule has 6 heteroatoms. The summed E-state index contributed by atoms with van der Waals surface area (Å²) in [6, 6.07) is 5.88. The van der Waals surface area contributed by atoms with Crippen molar-refractivity contribution in [3.63, 3.8) is 0 Å². The Morgan fingerprint density at radius 3 is 2.77 bits per heavy atom. The Labute approximate surface area is 162 Å². The highest BCUT2D eigenvalue weighted by atomic mass is 35.5. The van der Waals surface area contributed by atoms with Gasteiger partial charge >= 0.3 is 0 Å². The fourth-order valence-electron chi connectivity index (χ4n) is 3.78. The number of ether oxygens (including phenoxy) is 2. The van der Waals surface area contributed by atoms with Crippen molar-refractivity contribution in [2.24, 2.45) is 11.3 Å². The standard InChI is InChI=1S/C20H30N2O3.ClH/c1-3-4-11-25-17-6-5-15(12-18(17)24-2)14-22-19(23)16-13-20(16)7-9-21-10-8-20;/h5-6,12,16,21H,3-4,7-11,13-14H2,1-2H3,(H,22,23);1H. The first-order chi connectivity index (χ1) is 12.2. The van der Waals surface area contributed by atoms with Crippen molar-refractivity contribution in [1.29, 1.82) is 0 Å². The number of unbranched alkanes of at least 4 members (excludes halogenated alkanes) is 1. The summed E-state index contributed by atoms with van der Waals surface area (Å²) in [4.78, 5) is 12.5. The second-order valence-electron chi connectivity index (χ2n) is 7.27. The van der Waals surface area contributed by atoms with E-state index in [1.807, 2.05) is 18.2 Å². The zero-order valence-electron chi connectivity index (χ0n) is 15.8. The summed E-state index contributed by atoms with van der Waals surface area (Å²) in [6.07, 6.45) is 5.43. The van der Waals surface area contributed by atoms with Gasteiger partial charge in [-0.3, -0.25) is 4.79 Å². The summed E-state index contributed by atoms with van der Waals surface area (Å²) >= 11 is 0. The van der Waals surface area contributed by atoms with Gasteiger partial charge in [-0.05, 0) is 61.9 Å². The van der Waals surface area contributed by atoms with E-state index in [-0.39, 0.29) is 29.6 Å². The Bertz CT molecular complexity index is 603. The van der Waals surface area contributed by atoms with Crippen LogP contribution < -0.4 is 20.1 Å². The van der Waals surface area contributed by atoms with Gasteiger partial charge in [0.1, 0.15) is 0 Å². The van der Waals surface area contributed by atoms with Crippen LogP contribution >= 0.6 is 12.4 Å². The molecule has 0 radical (unpaired) electrons. The first-order valence-electron chi connectivity index (χ1n) is 9.46. The molecule has 3 rings (SSSR count). The van der Waals surface area contributed by atoms with Crippen LogP contribution in [0.5, 0.6) is 11.5 Å². The third-order valence-corrected chi connectivity index (χ3v) is 5.56. The van der Waals surface area contributed by atoms with Crippen molar-refractivity contribution in [3.8, 4) is 11.5 Å². The zero-order valence-corrected chi connectivity index (χ0v) is 16.6. The molecule has 1 heterocycles. The van der Waals surface area contributed by atoms with Crippen LogP contribution in [0.1, 0.15) is 44.6 Å². The quantitative estimate of drug-likeness (QED) is 0.677. The molecule has 5 nitrogen and oxygen atoms in total. The molecule has 2 N–H and O–H groups in total. The van der Waals surface area contributed by atoms with Gasteiger partial charge in [0, 0.05) is 12.5 Å². The van der Waals surface area contributed by atoms with Gasteiger partial charge in [-0.25, -0.2) is 0 Å². The number of carbonyl (C=O) groups excluding carboxylic acids is 1. The SMILES string of the molecule is CCCCOc1ccc(CNC(=O)C2CC23CCNCC3)cc1OC.Cl. The second-order valence-corrected chi connectivity index (χ2v) is 7.27. The molecule has 1 aromatic rings. The topological polar surface area (TPSA) is 59.6 Å². The van der Waals surface area contributed by atoms with E-state index in [1.165, 1.54) is 0 Å². The van der Waals surface area contributed by atoms with E-state index in [0.717, 1.165) is 62.3 Å². The maximum Gasteiger partial charge on any atom is 0.223 e. The van der Waals surface area contributed by atoms with Gasteiger partial charge in [0.25, 0.3) is 0 Å². The normalized spacial score (nSPS) is 20.2. The highest BCUT2D eigenvalue weighted by molar-refractivity contribution is 5.85. The smallest absolute Gasteiger partial charge is 0.223 e. The molecule has 26 heavy (non-hydrogen) atoms. The lowest BCUT2D eigenvalue weighted by atomic mass is 9.92. The molecule has 2 fully saturated rings. The zero-order chi connectivity index (χ0) is 17.7. The summed E-state index contributed by atoms with van der Waals surface area (Å²) in [5, 5.41) is 6.48. The molecule has 0 bridgehead atoms. The first kappa shape index (κ1) is 20.8. The van der Waals surface area contributed by atoms with Gasteiger partial charge in [0.05, 0.1) is 13.7 Å². The molecule has 1 aliphatic heterocycles. The number of nitrogens with one attached hydrogen (secondary N) is 2. The predicted molar refractivity (Wildman–Crippen MR) is 105 cm³/mol. The Kier molecular flexibility index (Phi) is 7.59. The van der Waals surface area contributed by atoms with E-state index >= 15 is 0 Å². The minimum Gasteiger partial charge on any atom is -0.493 e. The van der Waals surface area contributed by atoms with Gasteiger partial charge in [-0.2, -0.15) is 0 Å². The number of piperidine rings is 1. The molecule has 2 aliphatic rings. The molecule has 146 valence electrons. The molecule has 1 saturated carbocycles. The van der Waals surface area contributed by atoms with Gasteiger partial charge in [-0.15, -0.1) is 12.4 Å². The van der Waals surface area contributed by atoms with Crippen molar-refractivity contribution in [2.75, 3.05) is 26.8 Å². The van der Waals surface area contributed by atoms with Gasteiger partial charge in [-0.1, -0.05) is 19.4 Å². The van der Waals surface area contributed by atoms with E-state index in [0.29, 0.717) is 13.2 Å². The third-order valence-electron chi connectivity index (χ3n) is 5.56. The third kappa shape index (κ3) is 4.83. The van der Waals surface area contributed by atoms with Crippen LogP contribution in [0.4, 0.5) is 0 Å². The molecular weight excluding hydrogens is 352 g/mol. The van der Waals surface area contributed by atoms with Crippen LogP contribution in [0.3, 0.4) is 0 Å². The maximum absolute atomic E-state index is 12.5. The summed E-state index contributed by atoms with van der Waals surface area (Å²) in [6.45, 7) is 5.46. The van der Waals surface area contributed by atoms with Crippen molar-refractivity contribution in [2.45, 2.75) is 45.6 Å². The molecule has 1 aromatic carbocycles. The molecule has 1 spiro atoms. The van der Waals surface area contributed by atoms with Crippen molar-refractivity contribution < 1.29 is 14.3 Å².